The number of hydrogen-bond donors (Lipinski definition) is 0. The molecule has 0 amide bonds. The fourth-order valence-corrected chi connectivity index (χ4v) is 3.71. The van der Waals surface area contributed by atoms with Crippen molar-refractivity contribution in [2.75, 3.05) is 0 Å². The van der Waals surface area contributed by atoms with Crippen LogP contribution in [0.5, 0.6) is 0 Å². The van der Waals surface area contributed by atoms with Crippen LogP contribution in [0.25, 0.3) is 11.0 Å². The van der Waals surface area contributed by atoms with Crippen molar-refractivity contribution in [3.05, 3.63) is 101 Å². The van der Waals surface area contributed by atoms with Gasteiger partial charge in [-0.15, -0.1) is 0 Å². The van der Waals surface area contributed by atoms with Crippen LogP contribution in [0.1, 0.15) is 16.8 Å². The van der Waals surface area contributed by atoms with E-state index in [-0.39, 0.29) is 27.2 Å². The molecule has 0 fully saturated rings. The van der Waals surface area contributed by atoms with Crippen molar-refractivity contribution in [3.8, 4) is 0 Å². The van der Waals surface area contributed by atoms with Gasteiger partial charge in [0.1, 0.15) is 11.5 Å². The molecular formula is C19H11ClFN3O2S. The van der Waals surface area contributed by atoms with E-state index in [2.05, 4.69) is 10.1 Å². The molecule has 2 heterocycles. The summed E-state index contributed by atoms with van der Waals surface area (Å²) in [6, 6.07) is 13.2. The minimum atomic E-state index is -0.520. The van der Waals surface area contributed by atoms with Crippen molar-refractivity contribution in [3.63, 3.8) is 0 Å². The van der Waals surface area contributed by atoms with Crippen molar-refractivity contribution >= 4 is 34.0 Å². The molecule has 134 valence electrons. The fraction of sp³-hybridized carbons (Fsp3) is 0.0526. The second kappa shape index (κ2) is 7.02. The van der Waals surface area contributed by atoms with E-state index in [1.807, 2.05) is 0 Å². The average molecular weight is 400 g/mol. The molecule has 0 aliphatic rings. The van der Waals surface area contributed by atoms with Gasteiger partial charge in [-0.3, -0.25) is 9.59 Å². The van der Waals surface area contributed by atoms with Gasteiger partial charge in [0.15, 0.2) is 0 Å². The smallest absolute Gasteiger partial charge is 0.266 e. The quantitative estimate of drug-likeness (QED) is 0.531. The Morgan fingerprint density at radius 2 is 1.85 bits per heavy atom. The number of halogens is 2. The van der Waals surface area contributed by atoms with E-state index in [0.717, 1.165) is 15.9 Å². The first kappa shape index (κ1) is 17.5. The number of hydrogen-bond acceptors (Lipinski definition) is 5. The lowest BCUT2D eigenvalue weighted by Crippen LogP contribution is -2.28. The molecule has 0 bridgehead atoms. The Balaban J connectivity index is 1.85. The maximum atomic E-state index is 13.8. The first-order chi connectivity index (χ1) is 13.0. The predicted molar refractivity (Wildman–Crippen MR) is 103 cm³/mol. The summed E-state index contributed by atoms with van der Waals surface area (Å²) in [6.45, 7) is 0. The summed E-state index contributed by atoms with van der Waals surface area (Å²) < 4.78 is 15.2. The Morgan fingerprint density at radius 3 is 2.63 bits per heavy atom. The summed E-state index contributed by atoms with van der Waals surface area (Å²) >= 11 is 7.12. The second-order valence-corrected chi connectivity index (χ2v) is 7.18. The van der Waals surface area contributed by atoms with Gasteiger partial charge in [0.25, 0.3) is 11.1 Å². The second-order valence-electron chi connectivity index (χ2n) is 5.76. The zero-order valence-electron chi connectivity index (χ0n) is 13.7. The molecule has 2 aromatic carbocycles. The van der Waals surface area contributed by atoms with E-state index >= 15 is 0 Å². The number of aromatic nitrogens is 3. The number of nitrogens with zero attached hydrogens (tertiary/aromatic N) is 3. The van der Waals surface area contributed by atoms with Gasteiger partial charge in [-0.2, -0.15) is 14.6 Å². The summed E-state index contributed by atoms with van der Waals surface area (Å²) in [6.07, 6.45) is 1.59. The predicted octanol–water partition coefficient (Wildman–Crippen LogP) is 2.44. The molecule has 0 spiro atoms. The van der Waals surface area contributed by atoms with Gasteiger partial charge in [0, 0.05) is 17.0 Å². The van der Waals surface area contributed by atoms with E-state index in [0.29, 0.717) is 10.6 Å². The molecule has 0 aliphatic carbocycles. The van der Waals surface area contributed by atoms with E-state index in [1.54, 1.807) is 42.5 Å². The van der Waals surface area contributed by atoms with Gasteiger partial charge >= 0.3 is 0 Å². The topological polar surface area (TPSA) is 64.3 Å². The van der Waals surface area contributed by atoms with E-state index < -0.39 is 16.9 Å². The largest absolute Gasteiger partial charge is 0.296 e. The molecule has 4 aromatic rings. The van der Waals surface area contributed by atoms with Crippen LogP contribution in [0.2, 0.25) is 5.02 Å². The van der Waals surface area contributed by atoms with E-state index in [1.165, 1.54) is 12.1 Å². The molecular weight excluding hydrogens is 389 g/mol. The van der Waals surface area contributed by atoms with Crippen molar-refractivity contribution in [1.29, 1.82) is 0 Å². The van der Waals surface area contributed by atoms with Crippen LogP contribution in [0.4, 0.5) is 4.39 Å². The maximum absolute atomic E-state index is 13.8. The molecule has 0 saturated heterocycles. The lowest BCUT2D eigenvalue weighted by molar-refractivity contribution is 0.625. The normalized spacial score (nSPS) is 12.0. The lowest BCUT2D eigenvalue weighted by atomic mass is 10.1. The highest BCUT2D eigenvalue weighted by molar-refractivity contribution is 7.15. The molecule has 0 N–H and O–H groups in total. The van der Waals surface area contributed by atoms with Gasteiger partial charge in [0.2, 0.25) is 4.96 Å². The highest BCUT2D eigenvalue weighted by Gasteiger charge is 2.13. The molecule has 4 rings (SSSR count). The summed E-state index contributed by atoms with van der Waals surface area (Å²) in [5.41, 5.74) is 0.138. The molecule has 8 heteroatoms. The molecule has 5 nitrogen and oxygen atoms in total. The summed E-state index contributed by atoms with van der Waals surface area (Å²) in [5, 5.41) is 4.67. The molecule has 0 saturated carbocycles. The van der Waals surface area contributed by atoms with E-state index in [4.69, 9.17) is 11.6 Å². The van der Waals surface area contributed by atoms with Crippen LogP contribution in [0, 0.1) is 5.82 Å². The average Bonchev–Trinajstić information content (AvgIpc) is 2.94. The first-order valence-electron chi connectivity index (χ1n) is 7.95. The minimum Gasteiger partial charge on any atom is -0.266 e. The highest BCUT2D eigenvalue weighted by atomic mass is 35.5. The van der Waals surface area contributed by atoms with Gasteiger partial charge in [-0.25, -0.2) is 4.39 Å². The Bertz CT molecular complexity index is 1330. The summed E-state index contributed by atoms with van der Waals surface area (Å²) in [4.78, 5) is 29.0. The van der Waals surface area contributed by atoms with Crippen LogP contribution in [-0.2, 0) is 6.42 Å². The minimum absolute atomic E-state index is 0.118. The van der Waals surface area contributed by atoms with Crippen LogP contribution >= 0.6 is 22.9 Å². The maximum Gasteiger partial charge on any atom is 0.296 e. The molecule has 0 atom stereocenters. The number of rotatable bonds is 3. The molecule has 0 aliphatic heterocycles. The third kappa shape index (κ3) is 3.39. The van der Waals surface area contributed by atoms with Crippen LogP contribution in [0.3, 0.4) is 0 Å². The first-order valence-corrected chi connectivity index (χ1v) is 9.15. The number of benzene rings is 2. The van der Waals surface area contributed by atoms with Crippen molar-refractivity contribution in [1.82, 2.24) is 14.6 Å². The third-order valence-electron chi connectivity index (χ3n) is 3.96. The summed E-state index contributed by atoms with van der Waals surface area (Å²) in [7, 11) is 0. The monoisotopic (exact) mass is 399 g/mol. The van der Waals surface area contributed by atoms with Crippen LogP contribution in [-0.4, -0.2) is 14.6 Å². The fourth-order valence-electron chi connectivity index (χ4n) is 2.61. The van der Waals surface area contributed by atoms with Crippen molar-refractivity contribution in [2.45, 2.75) is 6.42 Å². The number of fused-ring (bicyclic) bond motifs is 1. The standard InChI is InChI=1S/C19H11ClFN3O2S/c20-13-7-3-1-5-11(13)9-15-17(25)22-19-24(23-15)18(26)16(27-19)10-12-6-2-4-8-14(12)21/h1-8,10H,9H2/b16-10-. The van der Waals surface area contributed by atoms with Gasteiger partial charge < -0.3 is 0 Å². The van der Waals surface area contributed by atoms with Gasteiger partial charge in [-0.05, 0) is 23.8 Å². The Hall–Kier alpha value is -2.90. The summed E-state index contributed by atoms with van der Waals surface area (Å²) in [5.74, 6) is -0.441. The SMILES string of the molecule is O=c1nc2s/c(=C\c3ccccc3F)c(=O)n2nc1Cc1ccccc1Cl. The zero-order chi connectivity index (χ0) is 19.0. The van der Waals surface area contributed by atoms with Gasteiger partial charge in [-0.1, -0.05) is 59.3 Å². The molecule has 2 aromatic heterocycles. The third-order valence-corrected chi connectivity index (χ3v) is 5.29. The molecule has 0 unspecified atom stereocenters. The van der Waals surface area contributed by atoms with Crippen LogP contribution in [0.15, 0.2) is 58.1 Å². The highest BCUT2D eigenvalue weighted by Crippen LogP contribution is 2.16. The zero-order valence-corrected chi connectivity index (χ0v) is 15.3. The molecule has 0 radical (unpaired) electrons. The van der Waals surface area contributed by atoms with Crippen LogP contribution < -0.4 is 15.7 Å². The Morgan fingerprint density at radius 1 is 1.11 bits per heavy atom. The number of thiazole rings is 1. The Kier molecular flexibility index (Phi) is 4.55. The molecule has 27 heavy (non-hydrogen) atoms. The van der Waals surface area contributed by atoms with Crippen molar-refractivity contribution < 1.29 is 4.39 Å². The lowest BCUT2D eigenvalue weighted by Gasteiger charge is -2.02. The van der Waals surface area contributed by atoms with E-state index in [9.17, 15) is 14.0 Å². The van der Waals surface area contributed by atoms with Crippen molar-refractivity contribution in [2.24, 2.45) is 0 Å². The van der Waals surface area contributed by atoms with Gasteiger partial charge in [0.05, 0.1) is 4.53 Å². The Labute approximate surface area is 161 Å².